The fraction of sp³-hybridized carbons (Fsp3) is 0.154. The second kappa shape index (κ2) is 8.79. The monoisotopic (exact) mass is 467 g/mol. The van der Waals surface area contributed by atoms with Gasteiger partial charge in [-0.2, -0.15) is 0 Å². The van der Waals surface area contributed by atoms with Gasteiger partial charge in [0.05, 0.1) is 16.8 Å². The second-order valence-electron chi connectivity index (χ2n) is 8.21. The molecule has 8 heteroatoms. The summed E-state index contributed by atoms with van der Waals surface area (Å²) in [6.07, 6.45) is 2.14. The van der Waals surface area contributed by atoms with Gasteiger partial charge in [0.25, 0.3) is 5.22 Å². The van der Waals surface area contributed by atoms with Crippen LogP contribution in [0.2, 0.25) is 0 Å². The number of imidazole rings is 1. The van der Waals surface area contributed by atoms with Crippen LogP contribution in [0.25, 0.3) is 22.2 Å². The number of rotatable bonds is 7. The lowest BCUT2D eigenvalue weighted by Crippen LogP contribution is -2.14. The van der Waals surface area contributed by atoms with Crippen LogP contribution in [0.1, 0.15) is 22.8 Å². The number of anilines is 1. The molecule has 0 saturated carbocycles. The second-order valence-corrected chi connectivity index (χ2v) is 9.13. The molecule has 0 saturated heterocycles. The fourth-order valence-electron chi connectivity index (χ4n) is 4.29. The molecule has 1 aliphatic carbocycles. The molecule has 2 heterocycles. The Morgan fingerprint density at radius 1 is 0.971 bits per heavy atom. The lowest BCUT2D eigenvalue weighted by Gasteiger charge is -2.07. The number of benzene rings is 3. The standard InChI is InChI=1S/C26H21N5O2S/c32-24(27-18-9-10-20-17(14-18)13-16-5-1-2-6-19(16)20)15-34-26-31-30-25(33-26)12-11-23-28-21-7-3-4-8-22(21)29-23/h1-10,14H,11-13,15H2,(H,27,32)(H,28,29). The molecule has 2 N–H and O–H groups in total. The Balaban J connectivity index is 1.02. The van der Waals surface area contributed by atoms with Crippen LogP contribution in [0.5, 0.6) is 0 Å². The van der Waals surface area contributed by atoms with Crippen LogP contribution in [0.15, 0.2) is 76.4 Å². The summed E-state index contributed by atoms with van der Waals surface area (Å²) in [6, 6.07) is 22.4. The van der Waals surface area contributed by atoms with Gasteiger partial charge in [0.2, 0.25) is 11.8 Å². The van der Waals surface area contributed by atoms with Crippen molar-refractivity contribution >= 4 is 34.4 Å². The van der Waals surface area contributed by atoms with Crippen molar-refractivity contribution in [3.05, 3.63) is 89.6 Å². The van der Waals surface area contributed by atoms with Gasteiger partial charge in [-0.3, -0.25) is 4.79 Å². The van der Waals surface area contributed by atoms with Crippen LogP contribution in [-0.2, 0) is 24.1 Å². The topological polar surface area (TPSA) is 96.7 Å². The van der Waals surface area contributed by atoms with E-state index in [4.69, 9.17) is 4.42 Å². The molecule has 0 unspecified atom stereocenters. The van der Waals surface area contributed by atoms with E-state index >= 15 is 0 Å². The lowest BCUT2D eigenvalue weighted by atomic mass is 10.1. The molecule has 0 radical (unpaired) electrons. The van der Waals surface area contributed by atoms with Crippen molar-refractivity contribution in [2.24, 2.45) is 0 Å². The number of carbonyl (C=O) groups excluding carboxylic acids is 1. The van der Waals surface area contributed by atoms with Gasteiger partial charge in [0.1, 0.15) is 5.82 Å². The van der Waals surface area contributed by atoms with E-state index in [0.717, 1.165) is 29.0 Å². The number of nitrogens with one attached hydrogen (secondary N) is 2. The Bertz CT molecular complexity index is 1470. The lowest BCUT2D eigenvalue weighted by molar-refractivity contribution is -0.113. The van der Waals surface area contributed by atoms with Gasteiger partial charge in [-0.05, 0) is 52.9 Å². The van der Waals surface area contributed by atoms with E-state index < -0.39 is 0 Å². The molecule has 0 fully saturated rings. The molecule has 6 rings (SSSR count). The van der Waals surface area contributed by atoms with Crippen LogP contribution < -0.4 is 5.32 Å². The number of carbonyl (C=O) groups is 1. The number of thioether (sulfide) groups is 1. The van der Waals surface area contributed by atoms with Gasteiger partial charge in [-0.1, -0.05) is 54.2 Å². The number of fused-ring (bicyclic) bond motifs is 4. The van der Waals surface area contributed by atoms with Gasteiger partial charge in [-0.25, -0.2) is 4.98 Å². The van der Waals surface area contributed by atoms with Crippen LogP contribution in [0, 0.1) is 0 Å². The molecular weight excluding hydrogens is 446 g/mol. The van der Waals surface area contributed by atoms with E-state index in [2.05, 4.69) is 61.9 Å². The first-order valence-electron chi connectivity index (χ1n) is 11.1. The average molecular weight is 468 g/mol. The summed E-state index contributed by atoms with van der Waals surface area (Å²) in [6.45, 7) is 0. The Morgan fingerprint density at radius 2 is 1.82 bits per heavy atom. The molecule has 0 spiro atoms. The maximum atomic E-state index is 12.5. The van der Waals surface area contributed by atoms with Gasteiger partial charge in [0.15, 0.2) is 0 Å². The molecule has 168 valence electrons. The normalized spacial score (nSPS) is 12.0. The third-order valence-electron chi connectivity index (χ3n) is 5.87. The molecule has 1 amide bonds. The number of aromatic nitrogens is 4. The average Bonchev–Trinajstić information content (AvgIpc) is 3.57. The number of amides is 1. The van der Waals surface area contributed by atoms with Crippen molar-refractivity contribution in [1.29, 1.82) is 0 Å². The van der Waals surface area contributed by atoms with Crippen LogP contribution in [0.3, 0.4) is 0 Å². The first-order chi connectivity index (χ1) is 16.7. The minimum Gasteiger partial charge on any atom is -0.416 e. The maximum absolute atomic E-state index is 12.5. The molecular formula is C26H21N5O2S. The molecule has 5 aromatic rings. The van der Waals surface area contributed by atoms with Crippen LogP contribution in [-0.4, -0.2) is 31.8 Å². The van der Waals surface area contributed by atoms with Crippen molar-refractivity contribution in [2.45, 2.75) is 24.5 Å². The fourth-order valence-corrected chi connectivity index (χ4v) is 4.87. The third kappa shape index (κ3) is 4.20. The number of nitrogens with zero attached hydrogens (tertiary/aromatic N) is 3. The van der Waals surface area contributed by atoms with Gasteiger partial charge < -0.3 is 14.7 Å². The highest BCUT2D eigenvalue weighted by molar-refractivity contribution is 7.99. The van der Waals surface area contributed by atoms with Crippen molar-refractivity contribution in [3.63, 3.8) is 0 Å². The number of hydrogen-bond donors (Lipinski definition) is 2. The number of aryl methyl sites for hydroxylation is 2. The van der Waals surface area contributed by atoms with Crippen molar-refractivity contribution in [2.75, 3.05) is 11.1 Å². The summed E-state index contributed by atoms with van der Waals surface area (Å²) < 4.78 is 5.70. The summed E-state index contributed by atoms with van der Waals surface area (Å²) in [7, 11) is 0. The van der Waals surface area contributed by atoms with Crippen LogP contribution in [0.4, 0.5) is 5.69 Å². The Kier molecular flexibility index (Phi) is 5.35. The number of hydrogen-bond acceptors (Lipinski definition) is 6. The number of para-hydroxylation sites is 2. The maximum Gasteiger partial charge on any atom is 0.277 e. The Morgan fingerprint density at radius 3 is 2.76 bits per heavy atom. The SMILES string of the molecule is O=C(CSc1nnc(CCc2nc3ccccc3[nH]2)o1)Nc1ccc2c(c1)Cc1ccccc1-2. The van der Waals surface area contributed by atoms with E-state index in [1.807, 2.05) is 30.3 Å². The summed E-state index contributed by atoms with van der Waals surface area (Å²) in [4.78, 5) is 20.3. The Labute approximate surface area is 200 Å². The highest BCUT2D eigenvalue weighted by atomic mass is 32.2. The molecule has 2 aromatic heterocycles. The van der Waals surface area contributed by atoms with Crippen molar-refractivity contribution in [3.8, 4) is 11.1 Å². The summed E-state index contributed by atoms with van der Waals surface area (Å²) in [5.74, 6) is 1.50. The third-order valence-corrected chi connectivity index (χ3v) is 6.69. The predicted octanol–water partition coefficient (Wildman–Crippen LogP) is 5.03. The molecule has 1 aliphatic rings. The summed E-state index contributed by atoms with van der Waals surface area (Å²) >= 11 is 1.23. The highest BCUT2D eigenvalue weighted by Crippen LogP contribution is 2.37. The largest absolute Gasteiger partial charge is 0.416 e. The molecule has 3 aromatic carbocycles. The van der Waals surface area contributed by atoms with Crippen molar-refractivity contribution in [1.82, 2.24) is 20.2 Å². The Hall–Kier alpha value is -3.91. The summed E-state index contributed by atoms with van der Waals surface area (Å²) in [5.41, 5.74) is 7.83. The molecule has 0 aliphatic heterocycles. The summed E-state index contributed by atoms with van der Waals surface area (Å²) in [5, 5.41) is 11.5. The van der Waals surface area contributed by atoms with E-state index in [0.29, 0.717) is 24.0 Å². The van der Waals surface area contributed by atoms with E-state index in [1.165, 1.54) is 34.0 Å². The van der Waals surface area contributed by atoms with Gasteiger partial charge in [-0.15, -0.1) is 10.2 Å². The van der Waals surface area contributed by atoms with Gasteiger partial charge in [0, 0.05) is 18.5 Å². The van der Waals surface area contributed by atoms with Gasteiger partial charge >= 0.3 is 0 Å². The van der Waals surface area contributed by atoms with E-state index in [1.54, 1.807) is 0 Å². The van der Waals surface area contributed by atoms with E-state index in [9.17, 15) is 4.79 Å². The molecule has 7 nitrogen and oxygen atoms in total. The number of aromatic amines is 1. The highest BCUT2D eigenvalue weighted by Gasteiger charge is 2.18. The minimum absolute atomic E-state index is 0.109. The zero-order valence-corrected chi connectivity index (χ0v) is 19.1. The molecule has 0 bridgehead atoms. The first kappa shape index (κ1) is 20.7. The van der Waals surface area contributed by atoms with Crippen LogP contribution >= 0.6 is 11.8 Å². The quantitative estimate of drug-likeness (QED) is 0.320. The van der Waals surface area contributed by atoms with Crippen molar-refractivity contribution < 1.29 is 9.21 Å². The minimum atomic E-state index is -0.109. The molecule has 0 atom stereocenters. The zero-order valence-electron chi connectivity index (χ0n) is 18.2. The predicted molar refractivity (Wildman–Crippen MR) is 132 cm³/mol. The zero-order chi connectivity index (χ0) is 22.9. The molecule has 34 heavy (non-hydrogen) atoms. The first-order valence-corrected chi connectivity index (χ1v) is 12.1. The smallest absolute Gasteiger partial charge is 0.277 e. The van der Waals surface area contributed by atoms with E-state index in [-0.39, 0.29) is 11.7 Å². The number of H-pyrrole nitrogens is 1.